The number of aromatic nitrogens is 2. The Bertz CT molecular complexity index is 688. The second-order valence-electron chi connectivity index (χ2n) is 5.78. The molecule has 0 spiro atoms. The third kappa shape index (κ3) is 5.20. The van der Waals surface area contributed by atoms with E-state index < -0.39 is 0 Å². The van der Waals surface area contributed by atoms with Crippen molar-refractivity contribution in [1.82, 2.24) is 14.9 Å². The highest BCUT2D eigenvalue weighted by molar-refractivity contribution is 6.30. The summed E-state index contributed by atoms with van der Waals surface area (Å²) < 4.78 is 0. The Morgan fingerprint density at radius 3 is 2.62 bits per heavy atom. The van der Waals surface area contributed by atoms with E-state index in [0.717, 1.165) is 30.6 Å². The fourth-order valence-corrected chi connectivity index (χ4v) is 2.36. The lowest BCUT2D eigenvalue weighted by atomic mass is 10.2. The summed E-state index contributed by atoms with van der Waals surface area (Å²) in [4.78, 5) is 22.9. The number of rotatable bonds is 7. The van der Waals surface area contributed by atoms with Gasteiger partial charge in [0, 0.05) is 30.9 Å². The molecule has 24 heavy (non-hydrogen) atoms. The topological polar surface area (TPSA) is 58.1 Å². The van der Waals surface area contributed by atoms with E-state index in [4.69, 9.17) is 11.6 Å². The van der Waals surface area contributed by atoms with Crippen LogP contribution in [0.1, 0.15) is 41.5 Å². The van der Waals surface area contributed by atoms with E-state index in [0.29, 0.717) is 23.2 Å². The normalized spacial score (nSPS) is 10.5. The lowest BCUT2D eigenvalue weighted by molar-refractivity contribution is 0.0787. The van der Waals surface area contributed by atoms with Crippen LogP contribution in [0.3, 0.4) is 0 Å². The van der Waals surface area contributed by atoms with Gasteiger partial charge in [-0.15, -0.1) is 0 Å². The standard InChI is InChI=1S/C18H23ClN4O/c1-4-5-10-23(3)17(24)16-11-13(2)21-18(22-16)20-12-14-6-8-15(19)9-7-14/h6-9,11H,4-5,10,12H2,1-3H3,(H,20,21,22). The van der Waals surface area contributed by atoms with Crippen molar-refractivity contribution in [3.8, 4) is 0 Å². The van der Waals surface area contributed by atoms with E-state index in [2.05, 4.69) is 22.2 Å². The smallest absolute Gasteiger partial charge is 0.272 e. The molecule has 0 aliphatic carbocycles. The fourth-order valence-electron chi connectivity index (χ4n) is 2.23. The molecule has 0 aliphatic heterocycles. The van der Waals surface area contributed by atoms with Crippen LogP contribution in [-0.2, 0) is 6.54 Å². The van der Waals surface area contributed by atoms with E-state index in [9.17, 15) is 4.79 Å². The first-order chi connectivity index (χ1) is 11.5. The number of benzene rings is 1. The number of aryl methyl sites for hydroxylation is 1. The van der Waals surface area contributed by atoms with Crippen LogP contribution in [0.5, 0.6) is 0 Å². The first-order valence-corrected chi connectivity index (χ1v) is 8.47. The molecule has 0 radical (unpaired) electrons. The van der Waals surface area contributed by atoms with Crippen LogP contribution in [0.2, 0.25) is 5.02 Å². The van der Waals surface area contributed by atoms with Crippen molar-refractivity contribution in [3.05, 3.63) is 52.3 Å². The van der Waals surface area contributed by atoms with Gasteiger partial charge in [0.05, 0.1) is 0 Å². The SMILES string of the molecule is CCCCN(C)C(=O)c1cc(C)nc(NCc2ccc(Cl)cc2)n1. The van der Waals surface area contributed by atoms with E-state index in [1.165, 1.54) is 0 Å². The summed E-state index contributed by atoms with van der Waals surface area (Å²) in [7, 11) is 1.80. The molecule has 0 fully saturated rings. The van der Waals surface area contributed by atoms with Gasteiger partial charge in [-0.25, -0.2) is 9.97 Å². The maximum atomic E-state index is 12.5. The van der Waals surface area contributed by atoms with Crippen LogP contribution in [0.4, 0.5) is 5.95 Å². The van der Waals surface area contributed by atoms with Crippen LogP contribution in [0.15, 0.2) is 30.3 Å². The molecule has 0 saturated heterocycles. The number of amides is 1. The Balaban J connectivity index is 2.07. The van der Waals surface area contributed by atoms with E-state index in [1.54, 1.807) is 18.0 Å². The second kappa shape index (κ2) is 8.64. The molecule has 6 heteroatoms. The lowest BCUT2D eigenvalue weighted by Crippen LogP contribution is -2.28. The van der Waals surface area contributed by atoms with Gasteiger partial charge in [-0.3, -0.25) is 4.79 Å². The summed E-state index contributed by atoms with van der Waals surface area (Å²) in [6.45, 7) is 5.26. The van der Waals surface area contributed by atoms with Crippen molar-refractivity contribution >= 4 is 23.5 Å². The van der Waals surface area contributed by atoms with Crippen LogP contribution in [0.25, 0.3) is 0 Å². The Labute approximate surface area is 148 Å². The Kier molecular flexibility index (Phi) is 6.55. The minimum absolute atomic E-state index is 0.0801. The average Bonchev–Trinajstić information content (AvgIpc) is 2.58. The van der Waals surface area contributed by atoms with Gasteiger partial charge in [0.15, 0.2) is 0 Å². The van der Waals surface area contributed by atoms with Gasteiger partial charge in [0.1, 0.15) is 5.69 Å². The molecular formula is C18H23ClN4O. The number of carbonyl (C=O) groups excluding carboxylic acids is 1. The van der Waals surface area contributed by atoms with Crippen molar-refractivity contribution in [3.63, 3.8) is 0 Å². The van der Waals surface area contributed by atoms with Gasteiger partial charge < -0.3 is 10.2 Å². The molecule has 2 aromatic rings. The van der Waals surface area contributed by atoms with Crippen LogP contribution < -0.4 is 5.32 Å². The van der Waals surface area contributed by atoms with Gasteiger partial charge in [0.25, 0.3) is 5.91 Å². The lowest BCUT2D eigenvalue weighted by Gasteiger charge is -2.17. The fraction of sp³-hybridized carbons (Fsp3) is 0.389. The molecule has 0 atom stereocenters. The summed E-state index contributed by atoms with van der Waals surface area (Å²) in [5, 5.41) is 3.86. The first-order valence-electron chi connectivity index (χ1n) is 8.09. The third-order valence-electron chi connectivity index (χ3n) is 3.63. The molecule has 1 heterocycles. The van der Waals surface area contributed by atoms with Crippen LogP contribution in [-0.4, -0.2) is 34.4 Å². The Morgan fingerprint density at radius 2 is 1.96 bits per heavy atom. The van der Waals surface area contributed by atoms with Gasteiger partial charge in [0.2, 0.25) is 5.95 Å². The molecule has 5 nitrogen and oxygen atoms in total. The number of anilines is 1. The number of carbonyl (C=O) groups is 1. The van der Waals surface area contributed by atoms with Gasteiger partial charge in [-0.1, -0.05) is 37.1 Å². The third-order valence-corrected chi connectivity index (χ3v) is 3.88. The summed E-state index contributed by atoms with van der Waals surface area (Å²) in [5.41, 5.74) is 2.24. The first kappa shape index (κ1) is 18.2. The molecule has 0 unspecified atom stereocenters. The predicted molar refractivity (Wildman–Crippen MR) is 97.4 cm³/mol. The minimum Gasteiger partial charge on any atom is -0.350 e. The molecule has 1 N–H and O–H groups in total. The van der Waals surface area contributed by atoms with Crippen LogP contribution >= 0.6 is 11.6 Å². The van der Waals surface area contributed by atoms with Crippen LogP contribution in [0, 0.1) is 6.92 Å². The molecule has 0 bridgehead atoms. The van der Waals surface area contributed by atoms with Gasteiger partial charge in [-0.2, -0.15) is 0 Å². The summed E-state index contributed by atoms with van der Waals surface area (Å²) in [5.74, 6) is 0.376. The zero-order valence-electron chi connectivity index (χ0n) is 14.3. The minimum atomic E-state index is -0.0801. The summed E-state index contributed by atoms with van der Waals surface area (Å²) >= 11 is 5.88. The summed E-state index contributed by atoms with van der Waals surface area (Å²) in [6, 6.07) is 9.28. The maximum absolute atomic E-state index is 12.5. The number of unbranched alkanes of at least 4 members (excludes halogenated alkanes) is 1. The molecule has 1 amide bonds. The van der Waals surface area contributed by atoms with E-state index >= 15 is 0 Å². The van der Waals surface area contributed by atoms with Crippen molar-refractivity contribution in [2.24, 2.45) is 0 Å². The number of hydrogen-bond acceptors (Lipinski definition) is 4. The zero-order valence-corrected chi connectivity index (χ0v) is 15.1. The number of nitrogens with zero attached hydrogens (tertiary/aromatic N) is 3. The summed E-state index contributed by atoms with van der Waals surface area (Å²) in [6.07, 6.45) is 2.03. The van der Waals surface area contributed by atoms with Gasteiger partial charge >= 0.3 is 0 Å². The Hall–Kier alpha value is -2.14. The highest BCUT2D eigenvalue weighted by atomic mass is 35.5. The highest BCUT2D eigenvalue weighted by Crippen LogP contribution is 2.12. The van der Waals surface area contributed by atoms with Crippen molar-refractivity contribution in [1.29, 1.82) is 0 Å². The van der Waals surface area contributed by atoms with E-state index in [-0.39, 0.29) is 5.91 Å². The van der Waals surface area contributed by atoms with Gasteiger partial charge in [-0.05, 0) is 37.1 Å². The van der Waals surface area contributed by atoms with Crippen molar-refractivity contribution in [2.45, 2.75) is 33.2 Å². The number of hydrogen-bond donors (Lipinski definition) is 1. The maximum Gasteiger partial charge on any atom is 0.272 e. The number of nitrogens with one attached hydrogen (secondary N) is 1. The quantitative estimate of drug-likeness (QED) is 0.825. The number of halogens is 1. The molecule has 2 rings (SSSR count). The van der Waals surface area contributed by atoms with Crippen molar-refractivity contribution < 1.29 is 4.79 Å². The monoisotopic (exact) mass is 346 g/mol. The second-order valence-corrected chi connectivity index (χ2v) is 6.21. The average molecular weight is 347 g/mol. The Morgan fingerprint density at radius 1 is 1.25 bits per heavy atom. The highest BCUT2D eigenvalue weighted by Gasteiger charge is 2.14. The van der Waals surface area contributed by atoms with Crippen molar-refractivity contribution in [2.75, 3.05) is 18.9 Å². The molecular weight excluding hydrogens is 324 g/mol. The molecule has 1 aromatic heterocycles. The van der Waals surface area contributed by atoms with E-state index in [1.807, 2.05) is 31.2 Å². The molecule has 0 saturated carbocycles. The molecule has 0 aliphatic rings. The molecule has 1 aromatic carbocycles. The predicted octanol–water partition coefficient (Wildman–Crippen LogP) is 3.92. The molecule has 128 valence electrons. The largest absolute Gasteiger partial charge is 0.350 e. The zero-order chi connectivity index (χ0) is 17.5.